The van der Waals surface area contributed by atoms with Crippen LogP contribution in [0.2, 0.25) is 0 Å². The summed E-state index contributed by atoms with van der Waals surface area (Å²) in [7, 11) is 0. The lowest BCUT2D eigenvalue weighted by Gasteiger charge is -2.42. The summed E-state index contributed by atoms with van der Waals surface area (Å²) in [5.74, 6) is 2.48. The maximum absolute atomic E-state index is 2.45. The van der Waals surface area contributed by atoms with E-state index in [9.17, 15) is 0 Å². The van der Waals surface area contributed by atoms with Gasteiger partial charge in [-0.1, -0.05) is 61.3 Å². The first-order valence-corrected chi connectivity index (χ1v) is 5.90. The van der Waals surface area contributed by atoms with Crippen LogP contribution in [0.15, 0.2) is 0 Å². The first-order chi connectivity index (χ1) is 5.90. The highest BCUT2D eigenvalue weighted by Gasteiger charge is 2.34. The van der Waals surface area contributed by atoms with Gasteiger partial charge in [0.05, 0.1) is 0 Å². The summed E-state index contributed by atoms with van der Waals surface area (Å²) < 4.78 is 0. The molecule has 0 fully saturated rings. The molecule has 0 aromatic heterocycles. The minimum absolute atomic E-state index is 0.523. The lowest BCUT2D eigenvalue weighted by Crippen LogP contribution is -2.34. The van der Waals surface area contributed by atoms with Crippen LogP contribution < -0.4 is 0 Å². The summed E-state index contributed by atoms with van der Waals surface area (Å²) in [5.41, 5.74) is 0.523. The van der Waals surface area contributed by atoms with Crippen LogP contribution >= 0.6 is 0 Å². The number of hydrogen-bond acceptors (Lipinski definition) is 0. The van der Waals surface area contributed by atoms with Gasteiger partial charge in [-0.3, -0.25) is 0 Å². The summed E-state index contributed by atoms with van der Waals surface area (Å²) in [4.78, 5) is 0. The Balaban J connectivity index is 4.55. The fourth-order valence-electron chi connectivity index (χ4n) is 2.26. The van der Waals surface area contributed by atoms with Crippen LogP contribution in [0.3, 0.4) is 0 Å². The normalized spacial score (nSPS) is 21.2. The van der Waals surface area contributed by atoms with Crippen molar-refractivity contribution < 1.29 is 0 Å². The van der Waals surface area contributed by atoms with Gasteiger partial charge in [0.15, 0.2) is 0 Å². The molecule has 80 valence electrons. The molecule has 0 aromatic carbocycles. The molecule has 0 nitrogen and oxygen atoms in total. The summed E-state index contributed by atoms with van der Waals surface area (Å²) in [6.07, 6.45) is 2.61. The van der Waals surface area contributed by atoms with Crippen LogP contribution in [-0.4, -0.2) is 0 Å². The summed E-state index contributed by atoms with van der Waals surface area (Å²) in [6.45, 7) is 16.6. The molecule has 0 spiro atoms. The maximum atomic E-state index is 2.45. The van der Waals surface area contributed by atoms with Crippen molar-refractivity contribution in [2.75, 3.05) is 0 Å². The molecule has 0 rings (SSSR count). The zero-order chi connectivity index (χ0) is 10.6. The Hall–Kier alpha value is 0. The van der Waals surface area contributed by atoms with Crippen molar-refractivity contribution in [1.82, 2.24) is 0 Å². The van der Waals surface area contributed by atoms with Gasteiger partial charge in [-0.25, -0.2) is 0 Å². The number of rotatable bonds is 5. The Morgan fingerprint density at radius 3 is 1.69 bits per heavy atom. The summed E-state index contributed by atoms with van der Waals surface area (Å²) in [6, 6.07) is 0. The second-order valence-electron chi connectivity index (χ2n) is 5.19. The highest BCUT2D eigenvalue weighted by Crippen LogP contribution is 2.42. The lowest BCUT2D eigenvalue weighted by molar-refractivity contribution is 0.0772. The van der Waals surface area contributed by atoms with Crippen molar-refractivity contribution in [2.45, 2.75) is 61.3 Å². The smallest absolute Gasteiger partial charge is 0.0277 e. The third kappa shape index (κ3) is 2.72. The molecule has 0 saturated carbocycles. The minimum atomic E-state index is 0.523. The minimum Gasteiger partial charge on any atom is -0.0651 e. The number of hydrogen-bond donors (Lipinski definition) is 0. The Kier molecular flexibility index (Phi) is 5.02. The van der Waals surface area contributed by atoms with Gasteiger partial charge >= 0.3 is 0 Å². The van der Waals surface area contributed by atoms with Crippen LogP contribution in [0, 0.1) is 23.2 Å². The van der Waals surface area contributed by atoms with E-state index in [2.05, 4.69) is 48.5 Å². The quantitative estimate of drug-likeness (QED) is 0.579. The first-order valence-electron chi connectivity index (χ1n) is 5.90. The highest BCUT2D eigenvalue weighted by atomic mass is 14.4. The van der Waals surface area contributed by atoms with Gasteiger partial charge in [0.2, 0.25) is 0 Å². The molecule has 0 heterocycles. The standard InChI is InChI=1S/C13H28/c1-8-11(5)12(6)13(7,9-2)10(3)4/h10-12H,8-9H2,1-7H3. The van der Waals surface area contributed by atoms with E-state index in [0.29, 0.717) is 5.41 Å². The third-order valence-corrected chi connectivity index (χ3v) is 4.62. The van der Waals surface area contributed by atoms with Gasteiger partial charge in [-0.2, -0.15) is 0 Å². The van der Waals surface area contributed by atoms with Crippen molar-refractivity contribution in [3.8, 4) is 0 Å². The maximum Gasteiger partial charge on any atom is -0.0277 e. The van der Waals surface area contributed by atoms with Crippen molar-refractivity contribution in [1.29, 1.82) is 0 Å². The van der Waals surface area contributed by atoms with Crippen LogP contribution in [0.5, 0.6) is 0 Å². The molecule has 0 aromatic rings. The Labute approximate surface area is 85.1 Å². The first kappa shape index (κ1) is 13.0. The summed E-state index contributed by atoms with van der Waals surface area (Å²) >= 11 is 0. The lowest BCUT2D eigenvalue weighted by atomic mass is 9.64. The topological polar surface area (TPSA) is 0 Å². The molecule has 0 aliphatic rings. The molecule has 0 heteroatoms. The Morgan fingerprint density at radius 1 is 1.00 bits per heavy atom. The molecular weight excluding hydrogens is 156 g/mol. The predicted molar refractivity (Wildman–Crippen MR) is 61.9 cm³/mol. The van der Waals surface area contributed by atoms with Gasteiger partial charge in [0.25, 0.3) is 0 Å². The van der Waals surface area contributed by atoms with E-state index in [1.807, 2.05) is 0 Å². The fourth-order valence-corrected chi connectivity index (χ4v) is 2.26. The highest BCUT2D eigenvalue weighted by molar-refractivity contribution is 4.84. The summed E-state index contributed by atoms with van der Waals surface area (Å²) in [5, 5.41) is 0. The van der Waals surface area contributed by atoms with E-state index >= 15 is 0 Å². The molecule has 0 radical (unpaired) electrons. The monoisotopic (exact) mass is 184 g/mol. The van der Waals surface area contributed by atoms with Crippen molar-refractivity contribution in [2.24, 2.45) is 23.2 Å². The molecule has 3 unspecified atom stereocenters. The van der Waals surface area contributed by atoms with Gasteiger partial charge in [-0.05, 0) is 23.2 Å². The largest absolute Gasteiger partial charge is 0.0651 e. The molecule has 0 bridgehead atoms. The zero-order valence-corrected chi connectivity index (χ0v) is 10.6. The van der Waals surface area contributed by atoms with Gasteiger partial charge in [0, 0.05) is 0 Å². The van der Waals surface area contributed by atoms with E-state index in [4.69, 9.17) is 0 Å². The SMILES string of the molecule is CCC(C)C(C)C(C)(CC)C(C)C. The van der Waals surface area contributed by atoms with Gasteiger partial charge in [0.1, 0.15) is 0 Å². The predicted octanol–water partition coefficient (Wildman–Crippen LogP) is 4.74. The molecule has 0 aliphatic carbocycles. The van der Waals surface area contributed by atoms with Crippen molar-refractivity contribution in [3.05, 3.63) is 0 Å². The van der Waals surface area contributed by atoms with Gasteiger partial charge in [-0.15, -0.1) is 0 Å². The van der Waals surface area contributed by atoms with E-state index in [0.717, 1.165) is 17.8 Å². The molecule has 0 amide bonds. The van der Waals surface area contributed by atoms with Crippen LogP contribution in [0.1, 0.15) is 61.3 Å². The molecule has 0 saturated heterocycles. The average molecular weight is 184 g/mol. The molecule has 3 atom stereocenters. The molecule has 13 heavy (non-hydrogen) atoms. The molecular formula is C13H28. The van der Waals surface area contributed by atoms with E-state index < -0.39 is 0 Å². The Bertz CT molecular complexity index is 137. The van der Waals surface area contributed by atoms with Crippen molar-refractivity contribution >= 4 is 0 Å². The van der Waals surface area contributed by atoms with Crippen LogP contribution in [0.25, 0.3) is 0 Å². The third-order valence-electron chi connectivity index (χ3n) is 4.62. The van der Waals surface area contributed by atoms with Crippen molar-refractivity contribution in [3.63, 3.8) is 0 Å². The van der Waals surface area contributed by atoms with E-state index in [1.54, 1.807) is 0 Å². The zero-order valence-electron chi connectivity index (χ0n) is 10.6. The van der Waals surface area contributed by atoms with Crippen LogP contribution in [0.4, 0.5) is 0 Å². The average Bonchev–Trinajstić information content (AvgIpc) is 2.13. The molecule has 0 N–H and O–H groups in total. The second kappa shape index (κ2) is 5.02. The fraction of sp³-hybridized carbons (Fsp3) is 1.00. The Morgan fingerprint density at radius 2 is 1.46 bits per heavy atom. The van der Waals surface area contributed by atoms with E-state index in [-0.39, 0.29) is 0 Å². The van der Waals surface area contributed by atoms with E-state index in [1.165, 1.54) is 12.8 Å². The van der Waals surface area contributed by atoms with Gasteiger partial charge < -0.3 is 0 Å². The second-order valence-corrected chi connectivity index (χ2v) is 5.19. The van der Waals surface area contributed by atoms with Crippen LogP contribution in [-0.2, 0) is 0 Å². The molecule has 0 aliphatic heterocycles.